The molecule has 3 atom stereocenters. The monoisotopic (exact) mass is 1080 g/mol. The van der Waals surface area contributed by atoms with Crippen molar-refractivity contribution in [2.45, 2.75) is 353 Å². The summed E-state index contributed by atoms with van der Waals surface area (Å²) in [5.41, 5.74) is 0. The molecule has 8 nitrogen and oxygen atoms in total. The van der Waals surface area contributed by atoms with Crippen LogP contribution in [-0.2, 0) is 18.4 Å². The number of hydrogen-bond acceptors (Lipinski definition) is 5. The van der Waals surface area contributed by atoms with E-state index in [0.29, 0.717) is 17.4 Å². The molecule has 1 amide bonds. The summed E-state index contributed by atoms with van der Waals surface area (Å²) in [6.07, 6.45) is 74.6. The zero-order valence-electron chi connectivity index (χ0n) is 51.1. The molecule has 446 valence electrons. The quantitative estimate of drug-likeness (QED) is 0.0243. The summed E-state index contributed by atoms with van der Waals surface area (Å²) >= 11 is 0. The van der Waals surface area contributed by atoms with E-state index in [1.807, 2.05) is 27.2 Å². The van der Waals surface area contributed by atoms with Gasteiger partial charge >= 0.3 is 7.82 Å². The number of nitrogens with one attached hydrogen (secondary N) is 1. The van der Waals surface area contributed by atoms with Crippen LogP contribution >= 0.6 is 7.82 Å². The van der Waals surface area contributed by atoms with Crippen LogP contribution in [0.4, 0.5) is 0 Å². The standard InChI is InChI=1S/C66H131N2O6P/c1-6-8-10-12-14-16-18-20-22-24-26-27-28-29-30-31-32-33-34-35-36-37-38-39-40-41-42-44-46-48-50-52-54-56-58-60-66(70)67-64(63-74-75(71,72)73-62-61-68(3,4)5)65(69)59-57-55-53-51-49-47-45-43-25-23-21-19-17-15-13-11-9-7-2/h24,26,57,59,64-65,69H,6-23,25,27-56,58,60-63H2,1-5H3,(H-,67,70,71,72)/p+1/b26-24-,59-57+. The Morgan fingerprint density at radius 1 is 0.440 bits per heavy atom. The van der Waals surface area contributed by atoms with Crippen molar-refractivity contribution in [1.82, 2.24) is 5.32 Å². The number of quaternary nitrogens is 1. The Balaban J connectivity index is 3.97. The predicted octanol–water partition coefficient (Wildman–Crippen LogP) is 20.7. The molecule has 0 aromatic carbocycles. The topological polar surface area (TPSA) is 105 Å². The first kappa shape index (κ1) is 74.0. The Morgan fingerprint density at radius 2 is 0.720 bits per heavy atom. The van der Waals surface area contributed by atoms with Crippen LogP contribution in [0.5, 0.6) is 0 Å². The minimum absolute atomic E-state index is 0.0645. The molecule has 0 saturated carbocycles. The van der Waals surface area contributed by atoms with Crippen molar-refractivity contribution in [1.29, 1.82) is 0 Å². The maximum atomic E-state index is 13.0. The smallest absolute Gasteiger partial charge is 0.387 e. The van der Waals surface area contributed by atoms with Gasteiger partial charge in [0.15, 0.2) is 0 Å². The van der Waals surface area contributed by atoms with Crippen molar-refractivity contribution in [3.8, 4) is 0 Å². The number of carbonyl (C=O) groups excluding carboxylic acids is 1. The van der Waals surface area contributed by atoms with Crippen LogP contribution in [0.15, 0.2) is 24.3 Å². The summed E-state index contributed by atoms with van der Waals surface area (Å²) in [7, 11) is 1.59. The lowest BCUT2D eigenvalue weighted by atomic mass is 10.0. The number of carbonyl (C=O) groups is 1. The number of phosphoric acid groups is 1. The van der Waals surface area contributed by atoms with Crippen molar-refractivity contribution in [3.05, 3.63) is 24.3 Å². The number of hydrogen-bond donors (Lipinski definition) is 3. The summed E-state index contributed by atoms with van der Waals surface area (Å²) in [5, 5.41) is 14.0. The first-order chi connectivity index (χ1) is 36.5. The van der Waals surface area contributed by atoms with Gasteiger partial charge in [0.05, 0.1) is 39.9 Å². The third-order valence-electron chi connectivity index (χ3n) is 15.4. The SMILES string of the molecule is CCCCCCCCCC/C=C\CCCCCCCCCCCCCCCCCCCCCCCCCC(=O)NC(COP(=O)(O)OCC[N+](C)(C)C)C(O)/C=C/CCCCCCCCCCCCCCCCCC. The van der Waals surface area contributed by atoms with Crippen molar-refractivity contribution in [3.63, 3.8) is 0 Å². The first-order valence-corrected chi connectivity index (χ1v) is 34.7. The van der Waals surface area contributed by atoms with Crippen LogP contribution in [-0.4, -0.2) is 73.4 Å². The van der Waals surface area contributed by atoms with E-state index >= 15 is 0 Å². The average Bonchev–Trinajstić information content (AvgIpc) is 3.37. The van der Waals surface area contributed by atoms with Crippen molar-refractivity contribution in [2.24, 2.45) is 0 Å². The van der Waals surface area contributed by atoms with E-state index in [-0.39, 0.29) is 19.1 Å². The molecular formula is C66H132N2O6P+. The van der Waals surface area contributed by atoms with Crippen LogP contribution in [0.1, 0.15) is 341 Å². The van der Waals surface area contributed by atoms with Gasteiger partial charge in [-0.3, -0.25) is 13.8 Å². The fourth-order valence-electron chi connectivity index (χ4n) is 10.2. The van der Waals surface area contributed by atoms with Gasteiger partial charge in [-0.25, -0.2) is 4.57 Å². The lowest BCUT2D eigenvalue weighted by Gasteiger charge is -2.25. The minimum atomic E-state index is -4.35. The number of amides is 1. The number of nitrogens with zero attached hydrogens (tertiary/aromatic N) is 1. The fourth-order valence-corrected chi connectivity index (χ4v) is 11.0. The number of unbranched alkanes of at least 4 members (excludes halogenated alkanes) is 47. The molecule has 0 fully saturated rings. The highest BCUT2D eigenvalue weighted by Crippen LogP contribution is 2.43. The number of allylic oxidation sites excluding steroid dienone is 3. The molecule has 0 aliphatic carbocycles. The van der Waals surface area contributed by atoms with E-state index in [0.717, 1.165) is 32.1 Å². The van der Waals surface area contributed by atoms with Gasteiger partial charge in [0.2, 0.25) is 5.91 Å². The molecule has 0 saturated heterocycles. The van der Waals surface area contributed by atoms with Crippen LogP contribution in [0.2, 0.25) is 0 Å². The highest BCUT2D eigenvalue weighted by atomic mass is 31.2. The third kappa shape index (κ3) is 60.5. The molecule has 0 aliphatic rings. The van der Waals surface area contributed by atoms with Crippen molar-refractivity contribution in [2.75, 3.05) is 40.9 Å². The summed E-state index contributed by atoms with van der Waals surface area (Å²) < 4.78 is 23.8. The highest BCUT2D eigenvalue weighted by molar-refractivity contribution is 7.47. The second-order valence-electron chi connectivity index (χ2n) is 24.2. The molecule has 0 bridgehead atoms. The van der Waals surface area contributed by atoms with Gasteiger partial charge in [-0.2, -0.15) is 0 Å². The Bertz CT molecular complexity index is 1270. The predicted molar refractivity (Wildman–Crippen MR) is 328 cm³/mol. The van der Waals surface area contributed by atoms with Gasteiger partial charge in [-0.05, 0) is 44.9 Å². The number of aliphatic hydroxyl groups excluding tert-OH is 1. The lowest BCUT2D eigenvalue weighted by molar-refractivity contribution is -0.870. The second kappa shape index (κ2) is 57.7. The Kier molecular flexibility index (Phi) is 56.9. The van der Waals surface area contributed by atoms with Gasteiger partial charge in [-0.1, -0.05) is 314 Å². The molecule has 9 heteroatoms. The molecule has 0 aliphatic heterocycles. The fraction of sp³-hybridized carbons (Fsp3) is 0.924. The maximum absolute atomic E-state index is 13.0. The highest BCUT2D eigenvalue weighted by Gasteiger charge is 2.28. The van der Waals surface area contributed by atoms with E-state index in [2.05, 4.69) is 31.3 Å². The molecule has 3 unspecified atom stereocenters. The number of rotatable bonds is 62. The summed E-state index contributed by atoms with van der Waals surface area (Å²) in [6, 6.07) is -0.844. The van der Waals surface area contributed by atoms with Crippen LogP contribution in [0, 0.1) is 0 Å². The van der Waals surface area contributed by atoms with Crippen LogP contribution in [0.25, 0.3) is 0 Å². The molecular weight excluding hydrogens is 948 g/mol. The molecule has 0 heterocycles. The molecule has 75 heavy (non-hydrogen) atoms. The van der Waals surface area contributed by atoms with Crippen LogP contribution in [0.3, 0.4) is 0 Å². The molecule has 0 spiro atoms. The van der Waals surface area contributed by atoms with E-state index in [1.165, 1.54) is 289 Å². The summed E-state index contributed by atoms with van der Waals surface area (Å²) in [6.45, 7) is 4.87. The van der Waals surface area contributed by atoms with Gasteiger partial charge in [0.1, 0.15) is 13.2 Å². The zero-order valence-corrected chi connectivity index (χ0v) is 52.0. The van der Waals surface area contributed by atoms with Gasteiger partial charge in [0.25, 0.3) is 0 Å². The second-order valence-corrected chi connectivity index (χ2v) is 25.7. The van der Waals surface area contributed by atoms with Gasteiger partial charge in [0, 0.05) is 6.42 Å². The van der Waals surface area contributed by atoms with Gasteiger partial charge in [-0.15, -0.1) is 0 Å². The molecule has 3 N–H and O–H groups in total. The summed E-state index contributed by atoms with van der Waals surface area (Å²) in [5.74, 6) is -0.169. The van der Waals surface area contributed by atoms with E-state index < -0.39 is 20.0 Å². The first-order valence-electron chi connectivity index (χ1n) is 33.2. The minimum Gasteiger partial charge on any atom is -0.387 e. The molecule has 0 aromatic rings. The summed E-state index contributed by atoms with van der Waals surface area (Å²) in [4.78, 5) is 23.4. The molecule has 0 radical (unpaired) electrons. The molecule has 0 rings (SSSR count). The van der Waals surface area contributed by atoms with E-state index in [9.17, 15) is 19.4 Å². The zero-order chi connectivity index (χ0) is 54.9. The lowest BCUT2D eigenvalue weighted by Crippen LogP contribution is -2.45. The normalized spacial score (nSPS) is 13.9. The molecule has 0 aromatic heterocycles. The average molecular weight is 1080 g/mol. The van der Waals surface area contributed by atoms with Crippen molar-refractivity contribution >= 4 is 13.7 Å². The number of phosphoric ester groups is 1. The number of likely N-dealkylation sites (N-methyl/N-ethyl adjacent to an activating group) is 1. The largest absolute Gasteiger partial charge is 0.472 e. The third-order valence-corrected chi connectivity index (χ3v) is 16.4. The van der Waals surface area contributed by atoms with E-state index in [4.69, 9.17) is 9.05 Å². The maximum Gasteiger partial charge on any atom is 0.472 e. The Hall–Kier alpha value is -1.02. The Labute approximate surface area is 468 Å². The van der Waals surface area contributed by atoms with Gasteiger partial charge < -0.3 is 19.8 Å². The number of aliphatic hydroxyl groups is 1. The van der Waals surface area contributed by atoms with Crippen LogP contribution < -0.4 is 5.32 Å². The van der Waals surface area contributed by atoms with E-state index in [1.54, 1.807) is 6.08 Å². The van der Waals surface area contributed by atoms with Crippen molar-refractivity contribution < 1.29 is 32.9 Å². The Morgan fingerprint density at radius 3 is 1.03 bits per heavy atom.